The quantitative estimate of drug-likeness (QED) is 0.269. The van der Waals surface area contributed by atoms with Crippen molar-refractivity contribution in [2.24, 2.45) is 0 Å². The molecule has 2 nitrogen and oxygen atoms in total. The summed E-state index contributed by atoms with van der Waals surface area (Å²) in [5, 5.41) is 0. The van der Waals surface area contributed by atoms with Gasteiger partial charge in [0.1, 0.15) is 6.54 Å². The van der Waals surface area contributed by atoms with Crippen molar-refractivity contribution < 1.29 is 43.0 Å². The first-order valence-corrected chi connectivity index (χ1v) is 8.25. The second-order valence-electron chi connectivity index (χ2n) is 7.95. The van der Waals surface area contributed by atoms with Crippen molar-refractivity contribution in [3.63, 3.8) is 0 Å². The Bertz CT molecular complexity index is 543. The number of hydrogen-bond donors (Lipinski definition) is 0. The number of quaternary nitrogens is 1. The Morgan fingerprint density at radius 3 is 2.17 bits per heavy atom. The Morgan fingerprint density at radius 1 is 0.957 bits per heavy atom. The SMILES string of the molecule is CC1=[N+](CCCCC[N+](C)(C)C)c2ccccc2C1(C)C.[Br-].[Br-]. The molecule has 0 saturated carbocycles. The number of para-hydroxylation sites is 1. The summed E-state index contributed by atoms with van der Waals surface area (Å²) < 4.78 is 3.62. The Morgan fingerprint density at radius 2 is 1.57 bits per heavy atom. The molecule has 1 aromatic carbocycles. The maximum Gasteiger partial charge on any atom is 0.209 e. The molecule has 0 amide bonds. The number of fused-ring (bicyclic) bond motifs is 1. The zero-order valence-corrected chi connectivity index (χ0v) is 18.7. The third-order valence-corrected chi connectivity index (χ3v) is 4.89. The van der Waals surface area contributed by atoms with Crippen LogP contribution in [0.1, 0.15) is 45.6 Å². The average Bonchev–Trinajstić information content (AvgIpc) is 2.58. The lowest BCUT2D eigenvalue weighted by Gasteiger charge is -2.23. The van der Waals surface area contributed by atoms with E-state index in [4.69, 9.17) is 0 Å². The van der Waals surface area contributed by atoms with Crippen molar-refractivity contribution in [2.75, 3.05) is 34.2 Å². The largest absolute Gasteiger partial charge is 1.00 e. The predicted molar refractivity (Wildman–Crippen MR) is 91.7 cm³/mol. The number of benzene rings is 1. The molecular formula is C19H32Br2N2. The number of nitrogens with zero attached hydrogens (tertiary/aromatic N) is 2. The smallest absolute Gasteiger partial charge is 0.209 e. The normalized spacial score (nSPS) is 15.7. The van der Waals surface area contributed by atoms with Gasteiger partial charge in [0, 0.05) is 25.0 Å². The van der Waals surface area contributed by atoms with E-state index in [1.165, 1.54) is 42.8 Å². The molecule has 1 aromatic rings. The third kappa shape index (κ3) is 5.40. The van der Waals surface area contributed by atoms with E-state index in [2.05, 4.69) is 70.8 Å². The Balaban J connectivity index is 0.00000242. The second kappa shape index (κ2) is 8.77. The molecule has 23 heavy (non-hydrogen) atoms. The van der Waals surface area contributed by atoms with Crippen LogP contribution in [0.25, 0.3) is 0 Å². The van der Waals surface area contributed by atoms with Gasteiger partial charge in [-0.05, 0) is 26.7 Å². The fourth-order valence-electron chi connectivity index (χ4n) is 3.27. The fourth-order valence-corrected chi connectivity index (χ4v) is 3.27. The van der Waals surface area contributed by atoms with Crippen LogP contribution in [0.5, 0.6) is 0 Å². The van der Waals surface area contributed by atoms with E-state index in [0.717, 1.165) is 11.0 Å². The highest BCUT2D eigenvalue weighted by Gasteiger charge is 2.42. The van der Waals surface area contributed by atoms with Crippen molar-refractivity contribution in [3.05, 3.63) is 29.8 Å². The van der Waals surface area contributed by atoms with Crippen LogP contribution in [0.4, 0.5) is 5.69 Å². The molecule has 0 fully saturated rings. The molecule has 0 radical (unpaired) electrons. The molecule has 4 heteroatoms. The molecule has 0 N–H and O–H groups in total. The van der Waals surface area contributed by atoms with Crippen molar-refractivity contribution in [2.45, 2.75) is 45.4 Å². The summed E-state index contributed by atoms with van der Waals surface area (Å²) >= 11 is 0. The van der Waals surface area contributed by atoms with Crippen molar-refractivity contribution >= 4 is 11.4 Å². The molecule has 0 unspecified atom stereocenters. The standard InChI is InChI=1S/C19H32N2.2BrH/c1-16-19(2,3)17-12-8-9-13-18(17)20(16)14-10-7-11-15-21(4,5)6;;/h8-9,12-13H,7,10-11,14-15H2,1-6H3;2*1H/q+2;;/p-2. The van der Waals surface area contributed by atoms with Crippen LogP contribution < -0.4 is 34.0 Å². The van der Waals surface area contributed by atoms with Gasteiger partial charge in [0.2, 0.25) is 5.69 Å². The highest BCUT2D eigenvalue weighted by Crippen LogP contribution is 2.39. The summed E-state index contributed by atoms with van der Waals surface area (Å²) in [5.74, 6) is 0. The summed E-state index contributed by atoms with van der Waals surface area (Å²) in [7, 11) is 6.82. The van der Waals surface area contributed by atoms with Gasteiger partial charge in [-0.25, -0.2) is 0 Å². The lowest BCUT2D eigenvalue weighted by molar-refractivity contribution is -0.870. The fraction of sp³-hybridized carbons (Fsp3) is 0.632. The van der Waals surface area contributed by atoms with Gasteiger partial charge >= 0.3 is 0 Å². The van der Waals surface area contributed by atoms with E-state index in [0.29, 0.717) is 0 Å². The lowest BCUT2D eigenvalue weighted by atomic mass is 9.82. The van der Waals surface area contributed by atoms with Crippen LogP contribution >= 0.6 is 0 Å². The molecule has 2 rings (SSSR count). The average molecular weight is 448 g/mol. The van der Waals surface area contributed by atoms with E-state index in [9.17, 15) is 0 Å². The highest BCUT2D eigenvalue weighted by molar-refractivity contribution is 5.93. The molecule has 1 aliphatic heterocycles. The van der Waals surface area contributed by atoms with Crippen LogP contribution in [0.2, 0.25) is 0 Å². The first kappa shape index (κ1) is 22.8. The van der Waals surface area contributed by atoms with Gasteiger partial charge in [0.15, 0.2) is 5.71 Å². The third-order valence-electron chi connectivity index (χ3n) is 4.89. The maximum absolute atomic E-state index is 2.54. The zero-order valence-electron chi connectivity index (χ0n) is 15.5. The van der Waals surface area contributed by atoms with Gasteiger partial charge in [-0.2, -0.15) is 4.58 Å². The molecule has 0 spiro atoms. The van der Waals surface area contributed by atoms with Gasteiger partial charge in [0.05, 0.1) is 33.1 Å². The maximum atomic E-state index is 2.54. The van der Waals surface area contributed by atoms with Gasteiger partial charge in [-0.1, -0.05) is 18.2 Å². The van der Waals surface area contributed by atoms with Crippen LogP contribution in [-0.4, -0.2) is 49.0 Å². The molecule has 132 valence electrons. The van der Waals surface area contributed by atoms with E-state index >= 15 is 0 Å². The van der Waals surface area contributed by atoms with Crippen LogP contribution in [0, 0.1) is 0 Å². The molecule has 0 saturated heterocycles. The van der Waals surface area contributed by atoms with E-state index in [-0.39, 0.29) is 39.4 Å². The summed E-state index contributed by atoms with van der Waals surface area (Å²) in [5.41, 5.74) is 4.58. The summed E-state index contributed by atoms with van der Waals surface area (Å²) in [6.45, 7) is 9.41. The highest BCUT2D eigenvalue weighted by atomic mass is 79.9. The second-order valence-corrected chi connectivity index (χ2v) is 7.95. The first-order valence-electron chi connectivity index (χ1n) is 8.25. The minimum absolute atomic E-state index is 0. The monoisotopic (exact) mass is 446 g/mol. The van der Waals surface area contributed by atoms with Crippen LogP contribution in [-0.2, 0) is 5.41 Å². The Labute approximate surface area is 163 Å². The van der Waals surface area contributed by atoms with Crippen molar-refractivity contribution in [1.29, 1.82) is 0 Å². The number of unbranched alkanes of at least 4 members (excludes halogenated alkanes) is 2. The topological polar surface area (TPSA) is 3.01 Å². The molecule has 1 aliphatic rings. The summed E-state index contributed by atoms with van der Waals surface area (Å²) in [6, 6.07) is 8.89. The Kier molecular flexibility index (Phi) is 8.70. The van der Waals surface area contributed by atoms with E-state index in [1.807, 2.05) is 0 Å². The van der Waals surface area contributed by atoms with Crippen LogP contribution in [0.3, 0.4) is 0 Å². The van der Waals surface area contributed by atoms with Gasteiger partial charge in [-0.15, -0.1) is 0 Å². The van der Waals surface area contributed by atoms with Gasteiger partial charge in [0.25, 0.3) is 0 Å². The predicted octanol–water partition coefficient (Wildman–Crippen LogP) is -2.03. The minimum atomic E-state index is 0. The van der Waals surface area contributed by atoms with E-state index in [1.54, 1.807) is 0 Å². The first-order chi connectivity index (χ1) is 9.73. The summed E-state index contributed by atoms with van der Waals surface area (Å²) in [6.07, 6.45) is 3.92. The molecule has 0 aliphatic carbocycles. The number of hydrogen-bond acceptors (Lipinski definition) is 0. The number of rotatable bonds is 6. The van der Waals surface area contributed by atoms with Crippen molar-refractivity contribution in [3.8, 4) is 0 Å². The molecule has 1 heterocycles. The Hall–Kier alpha value is -0.190. The molecule has 0 atom stereocenters. The van der Waals surface area contributed by atoms with Gasteiger partial charge < -0.3 is 38.4 Å². The number of halogens is 2. The van der Waals surface area contributed by atoms with Crippen molar-refractivity contribution in [1.82, 2.24) is 0 Å². The molecular weight excluding hydrogens is 416 g/mol. The molecule has 0 bridgehead atoms. The minimum Gasteiger partial charge on any atom is -1.00 e. The zero-order chi connectivity index (χ0) is 15.7. The molecule has 0 aromatic heterocycles. The van der Waals surface area contributed by atoms with E-state index < -0.39 is 0 Å². The lowest BCUT2D eigenvalue weighted by Crippen LogP contribution is -3.00. The van der Waals surface area contributed by atoms with Crippen LogP contribution in [0.15, 0.2) is 24.3 Å². The summed E-state index contributed by atoms with van der Waals surface area (Å²) in [4.78, 5) is 0. The van der Waals surface area contributed by atoms with Gasteiger partial charge in [-0.3, -0.25) is 0 Å².